The Morgan fingerprint density at radius 1 is 1.10 bits per heavy atom. The third-order valence-corrected chi connectivity index (χ3v) is 1.94. The van der Waals surface area contributed by atoms with Gasteiger partial charge in [-0.3, -0.25) is 0 Å². The maximum atomic E-state index is 2.27. The molecule has 3 heteroatoms. The molecule has 0 saturated carbocycles. The van der Waals surface area contributed by atoms with Crippen molar-refractivity contribution in [3.8, 4) is 0 Å². The molecule has 0 unspecified atom stereocenters. The van der Waals surface area contributed by atoms with E-state index in [1.54, 1.807) is 8.58 Å². The van der Waals surface area contributed by atoms with Gasteiger partial charge < -0.3 is 8.58 Å². The molecule has 0 spiro atoms. The molecule has 3 radical (unpaired) electrons. The molecule has 0 bridgehead atoms. The zero-order chi connectivity index (χ0) is 6.78. The van der Waals surface area contributed by atoms with Crippen LogP contribution in [0.15, 0.2) is 0 Å². The minimum Gasteiger partial charge on any atom is -0.531 e. The molecule has 0 heterocycles. The fraction of sp³-hybridized carbons (Fsp3) is 1.00. The van der Waals surface area contributed by atoms with Gasteiger partial charge >= 0.3 is 18.9 Å². The number of hydrogen-bond donors (Lipinski definition) is 0. The van der Waals surface area contributed by atoms with Gasteiger partial charge in [0, 0.05) is 8.41 Å². The van der Waals surface area contributed by atoms with E-state index in [1.807, 2.05) is 0 Å². The topological polar surface area (TPSA) is 0 Å². The largest absolute Gasteiger partial charge is 1.00 e. The van der Waals surface area contributed by atoms with Crippen LogP contribution in [0.25, 0.3) is 0 Å². The molecular weight excluding hydrogens is 133 g/mol. The van der Waals surface area contributed by atoms with Crippen molar-refractivity contribution in [2.24, 2.45) is 0 Å². The molecule has 0 amide bonds. The van der Waals surface area contributed by atoms with Gasteiger partial charge in [-0.15, -0.1) is 0 Å². The van der Waals surface area contributed by atoms with E-state index in [4.69, 9.17) is 0 Å². The molecule has 0 aliphatic carbocycles. The average molecular weight is 149 g/mol. The van der Waals surface area contributed by atoms with E-state index in [0.717, 1.165) is 5.66 Å². The molecule has 0 aliphatic rings. The predicted molar refractivity (Wildman–Crippen MR) is 47.6 cm³/mol. The summed E-state index contributed by atoms with van der Waals surface area (Å²) in [6, 6.07) is 0. The first-order valence-electron chi connectivity index (χ1n) is 3.14. The van der Waals surface area contributed by atoms with Crippen LogP contribution in [0.2, 0.25) is 0 Å². The van der Waals surface area contributed by atoms with Crippen molar-refractivity contribution in [2.45, 2.75) is 45.4 Å². The van der Waals surface area contributed by atoms with Gasteiger partial charge in [-0.2, -0.15) is 10.8 Å². The summed E-state index contributed by atoms with van der Waals surface area (Å²) < 4.78 is 0. The fourth-order valence-corrected chi connectivity index (χ4v) is 2.32. The van der Waals surface area contributed by atoms with Gasteiger partial charge in [-0.05, 0) is 0 Å². The molecular formula is C7H16BLiP. The zero-order valence-corrected chi connectivity index (χ0v) is 9.00. The van der Waals surface area contributed by atoms with Crippen molar-refractivity contribution in [2.75, 3.05) is 0 Å². The van der Waals surface area contributed by atoms with Crippen LogP contribution in [0, 0.1) is 0 Å². The van der Waals surface area contributed by atoms with E-state index in [0.29, 0.717) is 5.16 Å². The minimum absolute atomic E-state index is 0. The second-order valence-corrected chi connectivity index (χ2v) is 6.03. The van der Waals surface area contributed by atoms with Crippen LogP contribution in [0.5, 0.6) is 0 Å². The van der Waals surface area contributed by atoms with Gasteiger partial charge in [0.05, 0.1) is 0 Å². The van der Waals surface area contributed by atoms with E-state index < -0.39 is 0 Å². The maximum Gasteiger partial charge on any atom is 1.00 e. The normalized spacial score (nSPS) is 11.4. The van der Waals surface area contributed by atoms with E-state index in [9.17, 15) is 0 Å². The van der Waals surface area contributed by atoms with E-state index in [2.05, 4.69) is 34.6 Å². The first-order chi connectivity index (χ1) is 3.42. The van der Waals surface area contributed by atoms with Gasteiger partial charge in [-0.1, -0.05) is 34.6 Å². The molecule has 0 saturated heterocycles. The third-order valence-electron chi connectivity index (χ3n) is 0.645. The Kier molecular flexibility index (Phi) is 11.7. The molecule has 53 valence electrons. The second kappa shape index (κ2) is 6.78. The molecule has 0 atom stereocenters. The van der Waals surface area contributed by atoms with Crippen LogP contribution in [0.1, 0.15) is 34.6 Å². The summed E-state index contributed by atoms with van der Waals surface area (Å²) in [7, 11) is 1.55. The Bertz CT molecular complexity index is 68.5. The Balaban J connectivity index is -0.000000245. The van der Waals surface area contributed by atoms with Crippen LogP contribution in [-0.2, 0) is 0 Å². The smallest absolute Gasteiger partial charge is 0.531 e. The first kappa shape index (κ1) is 17.3. The first-order valence-corrected chi connectivity index (χ1v) is 4.10. The standard InChI is InChI=1S/C7H16P.B.Li/c1-6(2)8-7(3,4)5;;/h6H,1-5H3;;/q-1;;+1. The van der Waals surface area contributed by atoms with Crippen molar-refractivity contribution >= 4 is 17.0 Å². The molecule has 0 aliphatic heterocycles. The van der Waals surface area contributed by atoms with Gasteiger partial charge in [0.2, 0.25) is 0 Å². The summed E-state index contributed by atoms with van der Waals surface area (Å²) in [6.07, 6.45) is 0. The average Bonchev–Trinajstić information content (AvgIpc) is 1.21. The molecule has 0 aromatic heterocycles. The molecule has 0 aromatic carbocycles. The molecule has 0 N–H and O–H groups in total. The summed E-state index contributed by atoms with van der Waals surface area (Å²) in [4.78, 5) is 0. The van der Waals surface area contributed by atoms with Crippen LogP contribution >= 0.6 is 8.58 Å². The quantitative estimate of drug-likeness (QED) is 0.356. The molecule has 0 rings (SSSR count). The summed E-state index contributed by atoms with van der Waals surface area (Å²) in [5, 5.41) is 0.494. The monoisotopic (exact) mass is 149 g/mol. The van der Waals surface area contributed by atoms with Crippen LogP contribution < -0.4 is 18.9 Å². The van der Waals surface area contributed by atoms with Gasteiger partial charge in [-0.25, -0.2) is 0 Å². The van der Waals surface area contributed by atoms with Gasteiger partial charge in [0.15, 0.2) is 0 Å². The summed E-state index contributed by atoms with van der Waals surface area (Å²) in [5.74, 6) is 0. The van der Waals surface area contributed by atoms with E-state index >= 15 is 0 Å². The van der Waals surface area contributed by atoms with Gasteiger partial charge in [0.25, 0.3) is 0 Å². The van der Waals surface area contributed by atoms with E-state index in [1.165, 1.54) is 0 Å². The summed E-state index contributed by atoms with van der Waals surface area (Å²) in [6.45, 7) is 11.3. The summed E-state index contributed by atoms with van der Waals surface area (Å²) in [5.41, 5.74) is 0.815. The van der Waals surface area contributed by atoms with Crippen molar-refractivity contribution in [3.05, 3.63) is 0 Å². The zero-order valence-electron chi connectivity index (χ0n) is 8.10. The van der Waals surface area contributed by atoms with Crippen LogP contribution in [-0.4, -0.2) is 19.2 Å². The minimum atomic E-state index is 0. The second-order valence-electron chi connectivity index (χ2n) is 3.39. The molecule has 0 nitrogen and oxygen atoms in total. The Hall–Kier alpha value is 1.09. The Morgan fingerprint density at radius 3 is 1.40 bits per heavy atom. The van der Waals surface area contributed by atoms with Crippen molar-refractivity contribution in [1.82, 2.24) is 0 Å². The predicted octanol–water partition coefficient (Wildman–Crippen LogP) is -0.237. The Labute approximate surface area is 81.5 Å². The van der Waals surface area contributed by atoms with Crippen LogP contribution in [0.3, 0.4) is 0 Å². The van der Waals surface area contributed by atoms with Crippen molar-refractivity contribution in [1.29, 1.82) is 0 Å². The maximum absolute atomic E-state index is 2.27. The van der Waals surface area contributed by atoms with Gasteiger partial charge in [0.1, 0.15) is 0 Å². The molecule has 0 aromatic rings. The third kappa shape index (κ3) is 16.0. The van der Waals surface area contributed by atoms with E-state index in [-0.39, 0.29) is 27.3 Å². The number of rotatable bonds is 1. The van der Waals surface area contributed by atoms with Crippen molar-refractivity contribution < 1.29 is 18.9 Å². The summed E-state index contributed by atoms with van der Waals surface area (Å²) >= 11 is 0. The SMILES string of the molecule is CC(C)[P-]C(C)(C)C.[B].[Li+]. The number of hydrogen-bond acceptors (Lipinski definition) is 0. The molecule has 10 heavy (non-hydrogen) atoms. The molecule has 0 fully saturated rings. The van der Waals surface area contributed by atoms with Crippen LogP contribution in [0.4, 0.5) is 0 Å². The fourth-order valence-electron chi connectivity index (χ4n) is 0.775. The van der Waals surface area contributed by atoms with Crippen molar-refractivity contribution in [3.63, 3.8) is 0 Å². The Morgan fingerprint density at radius 2 is 1.40 bits per heavy atom.